The van der Waals surface area contributed by atoms with Crippen LogP contribution in [0, 0.1) is 11.7 Å². The van der Waals surface area contributed by atoms with Crippen molar-refractivity contribution in [2.24, 2.45) is 5.92 Å². The van der Waals surface area contributed by atoms with Crippen LogP contribution >= 0.6 is 11.6 Å². The number of hydrogen-bond acceptors (Lipinski definition) is 6. The lowest BCUT2D eigenvalue weighted by atomic mass is 9.84. The lowest BCUT2D eigenvalue weighted by Gasteiger charge is -2.45. The second-order valence-corrected chi connectivity index (χ2v) is 7.86. The summed E-state index contributed by atoms with van der Waals surface area (Å²) in [6.07, 6.45) is 5.78. The Hall–Kier alpha value is -2.51. The Morgan fingerprint density at radius 2 is 1.96 bits per heavy atom. The Bertz CT molecular complexity index is 1020. The zero-order valence-electron chi connectivity index (χ0n) is 15.2. The van der Waals surface area contributed by atoms with E-state index in [4.69, 9.17) is 11.6 Å². The van der Waals surface area contributed by atoms with Gasteiger partial charge in [0.25, 0.3) is 0 Å². The summed E-state index contributed by atoms with van der Waals surface area (Å²) in [5.41, 5.74) is 1.45. The van der Waals surface area contributed by atoms with E-state index >= 15 is 0 Å². The summed E-state index contributed by atoms with van der Waals surface area (Å²) in [5.74, 6) is 1.70. The highest BCUT2D eigenvalue weighted by Gasteiger charge is 2.34. The fraction of sp³-hybridized carbons (Fsp3) is 0.350. The molecule has 0 aliphatic carbocycles. The van der Waals surface area contributed by atoms with Gasteiger partial charge in [-0.15, -0.1) is 0 Å². The van der Waals surface area contributed by atoms with Crippen LogP contribution in [0.15, 0.2) is 36.8 Å². The molecule has 2 aromatic heterocycles. The molecule has 0 radical (unpaired) electrons. The third-order valence-electron chi connectivity index (χ3n) is 5.69. The van der Waals surface area contributed by atoms with Crippen molar-refractivity contribution in [3.8, 4) is 0 Å². The zero-order chi connectivity index (χ0) is 19.1. The first kappa shape index (κ1) is 17.6. The molecule has 2 N–H and O–H groups in total. The van der Waals surface area contributed by atoms with Gasteiger partial charge >= 0.3 is 0 Å². The van der Waals surface area contributed by atoms with E-state index in [-0.39, 0.29) is 5.02 Å². The lowest BCUT2D eigenvalue weighted by Crippen LogP contribution is -2.53. The molecule has 144 valence electrons. The first-order valence-electron chi connectivity index (χ1n) is 9.47. The van der Waals surface area contributed by atoms with Crippen LogP contribution in [0.1, 0.15) is 12.8 Å². The second kappa shape index (κ2) is 7.14. The molecule has 8 heteroatoms. The van der Waals surface area contributed by atoms with Gasteiger partial charge in [0.2, 0.25) is 0 Å². The van der Waals surface area contributed by atoms with E-state index in [9.17, 15) is 4.39 Å². The van der Waals surface area contributed by atoms with E-state index in [1.807, 2.05) is 6.07 Å². The van der Waals surface area contributed by atoms with Crippen LogP contribution in [0.25, 0.3) is 10.9 Å². The summed E-state index contributed by atoms with van der Waals surface area (Å²) in [4.78, 5) is 15.8. The predicted molar refractivity (Wildman–Crippen MR) is 109 cm³/mol. The van der Waals surface area contributed by atoms with Crippen LogP contribution in [0.3, 0.4) is 0 Å². The molecule has 3 aliphatic rings. The van der Waals surface area contributed by atoms with Gasteiger partial charge in [-0.3, -0.25) is 0 Å². The topological polar surface area (TPSA) is 66.0 Å². The van der Waals surface area contributed by atoms with Crippen LogP contribution in [-0.4, -0.2) is 45.5 Å². The Balaban J connectivity index is 1.39. The number of nitrogens with zero attached hydrogens (tertiary/aromatic N) is 4. The molecule has 3 fully saturated rings. The fourth-order valence-corrected chi connectivity index (χ4v) is 4.34. The van der Waals surface area contributed by atoms with E-state index in [2.05, 4.69) is 30.5 Å². The van der Waals surface area contributed by atoms with E-state index in [1.165, 1.54) is 44.4 Å². The number of benzene rings is 1. The number of rotatable bonds is 4. The molecule has 3 aliphatic heterocycles. The second-order valence-electron chi connectivity index (χ2n) is 7.45. The first-order valence-corrected chi connectivity index (χ1v) is 9.85. The average Bonchev–Trinajstić information content (AvgIpc) is 2.72. The van der Waals surface area contributed by atoms with Gasteiger partial charge in [-0.2, -0.15) is 0 Å². The zero-order valence-corrected chi connectivity index (χ0v) is 16.0. The Kier molecular flexibility index (Phi) is 4.49. The molecule has 0 saturated carbocycles. The van der Waals surface area contributed by atoms with Gasteiger partial charge in [0.1, 0.15) is 23.8 Å². The molecule has 3 saturated heterocycles. The third kappa shape index (κ3) is 3.36. The van der Waals surface area contributed by atoms with Gasteiger partial charge < -0.3 is 15.5 Å². The number of hydrogen-bond donors (Lipinski definition) is 2. The smallest absolute Gasteiger partial charge is 0.143 e. The van der Waals surface area contributed by atoms with Crippen molar-refractivity contribution in [3.05, 3.63) is 47.6 Å². The maximum atomic E-state index is 13.4. The number of anilines is 3. The molecule has 6 rings (SSSR count). The minimum absolute atomic E-state index is 0.0606. The van der Waals surface area contributed by atoms with Gasteiger partial charge in [0, 0.05) is 30.5 Å². The molecule has 5 heterocycles. The number of fused-ring (bicyclic) bond motifs is 4. The normalized spacial score (nSPS) is 23.7. The molecule has 1 unspecified atom stereocenters. The molecular formula is C20H20ClFN6. The predicted octanol–water partition coefficient (Wildman–Crippen LogP) is 4.07. The summed E-state index contributed by atoms with van der Waals surface area (Å²) in [7, 11) is 0. The van der Waals surface area contributed by atoms with Gasteiger partial charge in [0.15, 0.2) is 0 Å². The van der Waals surface area contributed by atoms with Crippen molar-refractivity contribution < 1.29 is 4.39 Å². The van der Waals surface area contributed by atoms with Gasteiger partial charge in [0.05, 0.1) is 15.9 Å². The summed E-state index contributed by atoms with van der Waals surface area (Å²) in [6.45, 7) is 3.50. The minimum Gasteiger partial charge on any atom is -0.366 e. The van der Waals surface area contributed by atoms with Crippen LogP contribution in [0.4, 0.5) is 21.7 Å². The number of pyridine rings is 1. The summed E-state index contributed by atoms with van der Waals surface area (Å²) in [5, 5.41) is 7.62. The summed E-state index contributed by atoms with van der Waals surface area (Å²) in [6, 6.07) is 6.86. The van der Waals surface area contributed by atoms with E-state index < -0.39 is 5.82 Å². The highest BCUT2D eigenvalue weighted by molar-refractivity contribution is 6.31. The maximum absolute atomic E-state index is 13.4. The highest BCUT2D eigenvalue weighted by atomic mass is 35.5. The van der Waals surface area contributed by atoms with Crippen LogP contribution < -0.4 is 10.6 Å². The monoisotopic (exact) mass is 398 g/mol. The molecule has 6 nitrogen and oxygen atoms in total. The molecule has 3 aromatic rings. The SMILES string of the molecule is Fc1ccc(Nc2ncnc3cc(NC4CN5CCC4CC5)ncc23)cc1Cl. The summed E-state index contributed by atoms with van der Waals surface area (Å²) < 4.78 is 13.4. The van der Waals surface area contributed by atoms with Crippen LogP contribution in [-0.2, 0) is 0 Å². The number of aromatic nitrogens is 3. The number of piperidine rings is 3. The fourth-order valence-electron chi connectivity index (χ4n) is 4.16. The standard InChI is InChI=1S/C20H20ClFN6/c21-15-7-13(1-2-16(15)22)26-20-14-9-23-19(8-17(14)24-11-25-20)27-18-10-28-5-3-12(18)4-6-28/h1-2,7-9,11-12,18H,3-6,10H2,(H,23,27)(H,24,25,26). The first-order chi connectivity index (χ1) is 13.7. The average molecular weight is 399 g/mol. The van der Waals surface area contributed by atoms with E-state index in [1.54, 1.807) is 12.3 Å². The molecule has 0 amide bonds. The van der Waals surface area contributed by atoms with E-state index in [0.717, 1.165) is 23.3 Å². The van der Waals surface area contributed by atoms with E-state index in [0.29, 0.717) is 23.5 Å². The Morgan fingerprint density at radius 1 is 1.11 bits per heavy atom. The third-order valence-corrected chi connectivity index (χ3v) is 5.98. The lowest BCUT2D eigenvalue weighted by molar-refractivity contribution is 0.0974. The number of nitrogens with one attached hydrogen (secondary N) is 2. The van der Waals surface area contributed by atoms with Gasteiger partial charge in [-0.1, -0.05) is 11.6 Å². The van der Waals surface area contributed by atoms with Crippen molar-refractivity contribution in [3.63, 3.8) is 0 Å². The number of halogens is 2. The molecule has 0 spiro atoms. The molecule has 28 heavy (non-hydrogen) atoms. The molecule has 2 bridgehead atoms. The molecular weight excluding hydrogens is 379 g/mol. The van der Waals surface area contributed by atoms with Crippen LogP contribution in [0.5, 0.6) is 0 Å². The largest absolute Gasteiger partial charge is 0.366 e. The van der Waals surface area contributed by atoms with Crippen molar-refractivity contribution in [2.75, 3.05) is 30.3 Å². The van der Waals surface area contributed by atoms with Gasteiger partial charge in [-0.05, 0) is 50.0 Å². The highest BCUT2D eigenvalue weighted by Crippen LogP contribution is 2.31. The van der Waals surface area contributed by atoms with Gasteiger partial charge in [-0.25, -0.2) is 19.3 Å². The van der Waals surface area contributed by atoms with Crippen molar-refractivity contribution in [1.82, 2.24) is 19.9 Å². The van der Waals surface area contributed by atoms with Crippen molar-refractivity contribution in [1.29, 1.82) is 0 Å². The summed E-state index contributed by atoms with van der Waals surface area (Å²) >= 11 is 5.87. The van der Waals surface area contributed by atoms with Crippen LogP contribution in [0.2, 0.25) is 5.02 Å². The quantitative estimate of drug-likeness (QED) is 0.690. The molecule has 1 aromatic carbocycles. The van der Waals surface area contributed by atoms with Crippen molar-refractivity contribution in [2.45, 2.75) is 18.9 Å². The Morgan fingerprint density at radius 3 is 2.71 bits per heavy atom. The Labute approximate surface area is 167 Å². The van der Waals surface area contributed by atoms with Crippen molar-refractivity contribution >= 4 is 39.8 Å². The maximum Gasteiger partial charge on any atom is 0.143 e. The minimum atomic E-state index is -0.454. The molecule has 1 atom stereocenters.